The van der Waals surface area contributed by atoms with Crippen LogP contribution in [-0.2, 0) is 27.5 Å². The maximum absolute atomic E-state index is 12.1. The summed E-state index contributed by atoms with van der Waals surface area (Å²) in [6.07, 6.45) is 2.08. The topological polar surface area (TPSA) is 116 Å². The maximum atomic E-state index is 12.1. The number of phenolic OH excluding ortho intramolecular Hbond substituents is 1. The Morgan fingerprint density at radius 2 is 2.00 bits per heavy atom. The fourth-order valence-electron chi connectivity index (χ4n) is 3.19. The van der Waals surface area contributed by atoms with Crippen LogP contribution < -0.4 is 10.6 Å². The number of nitrogens with zero attached hydrogens (tertiary/aromatic N) is 1. The highest BCUT2D eigenvalue weighted by molar-refractivity contribution is 6.32. The molecule has 2 aromatic carbocycles. The molecule has 0 spiro atoms. The first kappa shape index (κ1) is 26.6. The lowest BCUT2D eigenvalue weighted by Crippen LogP contribution is -2.34. The second-order valence-electron chi connectivity index (χ2n) is 7.55. The van der Waals surface area contributed by atoms with Crippen LogP contribution in [0.1, 0.15) is 39.9 Å². The molecule has 2 amide bonds. The van der Waals surface area contributed by atoms with Gasteiger partial charge in [0.15, 0.2) is 0 Å². The third-order valence-electron chi connectivity index (χ3n) is 5.17. The first-order valence-electron chi connectivity index (χ1n) is 10.5. The Morgan fingerprint density at radius 3 is 2.65 bits per heavy atom. The molecule has 0 aromatic heterocycles. The fraction of sp³-hybridized carbons (Fsp3) is 0.280. The lowest BCUT2D eigenvalue weighted by Gasteiger charge is -2.24. The zero-order valence-electron chi connectivity index (χ0n) is 18.9. The Kier molecular flexibility index (Phi) is 10.3. The Morgan fingerprint density at radius 1 is 1.24 bits per heavy atom. The van der Waals surface area contributed by atoms with Crippen LogP contribution in [0.25, 0.3) is 0 Å². The van der Waals surface area contributed by atoms with Crippen molar-refractivity contribution in [2.75, 3.05) is 14.1 Å². The summed E-state index contributed by atoms with van der Waals surface area (Å²) in [4.78, 5) is 48.4. The van der Waals surface area contributed by atoms with Crippen molar-refractivity contribution < 1.29 is 24.3 Å². The Labute approximate surface area is 203 Å². The molecular weight excluding hydrogens is 458 g/mol. The maximum Gasteiger partial charge on any atom is 0.296 e. The summed E-state index contributed by atoms with van der Waals surface area (Å²) in [5, 5.41) is 15.2. The number of amides is 2. The van der Waals surface area contributed by atoms with E-state index in [1.165, 1.54) is 13.1 Å². The Hall–Kier alpha value is -3.67. The third kappa shape index (κ3) is 7.73. The quantitative estimate of drug-likeness (QED) is 0.352. The van der Waals surface area contributed by atoms with E-state index >= 15 is 0 Å². The summed E-state index contributed by atoms with van der Waals surface area (Å²) in [6.45, 7) is 0.463. The summed E-state index contributed by atoms with van der Waals surface area (Å²) in [7, 11) is 3.28. The van der Waals surface area contributed by atoms with Crippen molar-refractivity contribution in [3.05, 3.63) is 63.7 Å². The number of hydrogen-bond acceptors (Lipinski definition) is 6. The predicted octanol–water partition coefficient (Wildman–Crippen LogP) is 2.05. The first-order chi connectivity index (χ1) is 16.3. The standard InChI is InChI=1S/C25H26ClN3O5/c1-27-24(33)10-8-20(16-31)29(2)14-19-12-17(6-7-18(19)15-30)13-28-25(34)11-9-21-22(26)4-3-5-23(21)32/h3-7,12,15-16,20,32H,8,10,13-14H2,1-2H3,(H,27,33)(H,28,34). The van der Waals surface area contributed by atoms with E-state index < -0.39 is 11.9 Å². The average Bonchev–Trinajstić information content (AvgIpc) is 2.82. The minimum atomic E-state index is -0.562. The zero-order chi connectivity index (χ0) is 25.1. The number of likely N-dealkylation sites (N-methyl/N-ethyl adjacent to an activating group) is 1. The van der Waals surface area contributed by atoms with Gasteiger partial charge in [-0.1, -0.05) is 41.8 Å². The number of nitrogens with one attached hydrogen (secondary N) is 2. The number of benzene rings is 2. The van der Waals surface area contributed by atoms with E-state index in [9.17, 15) is 24.3 Å². The van der Waals surface area contributed by atoms with Crippen LogP contribution in [0.4, 0.5) is 0 Å². The van der Waals surface area contributed by atoms with Gasteiger partial charge >= 0.3 is 0 Å². The van der Waals surface area contributed by atoms with Gasteiger partial charge < -0.3 is 20.5 Å². The van der Waals surface area contributed by atoms with Crippen LogP contribution >= 0.6 is 11.6 Å². The normalized spacial score (nSPS) is 11.2. The molecule has 0 saturated carbocycles. The van der Waals surface area contributed by atoms with Crippen LogP contribution in [0.2, 0.25) is 5.02 Å². The molecule has 178 valence electrons. The van der Waals surface area contributed by atoms with Gasteiger partial charge in [-0.15, -0.1) is 0 Å². The van der Waals surface area contributed by atoms with E-state index in [4.69, 9.17) is 11.6 Å². The number of aldehydes is 2. The van der Waals surface area contributed by atoms with Gasteiger partial charge in [-0.05, 0) is 36.7 Å². The molecule has 0 bridgehead atoms. The fourth-order valence-corrected chi connectivity index (χ4v) is 3.40. The van der Waals surface area contributed by atoms with Gasteiger partial charge in [0.05, 0.1) is 16.6 Å². The number of halogens is 1. The highest BCUT2D eigenvalue weighted by atomic mass is 35.5. The third-order valence-corrected chi connectivity index (χ3v) is 5.48. The Balaban J connectivity index is 2.06. The molecule has 0 saturated heterocycles. The van der Waals surface area contributed by atoms with Gasteiger partial charge in [0.2, 0.25) is 5.91 Å². The largest absolute Gasteiger partial charge is 0.507 e. The van der Waals surface area contributed by atoms with Crippen molar-refractivity contribution in [2.24, 2.45) is 0 Å². The molecular formula is C25H26ClN3O5. The van der Waals surface area contributed by atoms with Gasteiger partial charge in [0.1, 0.15) is 18.3 Å². The second-order valence-corrected chi connectivity index (χ2v) is 7.96. The minimum Gasteiger partial charge on any atom is -0.507 e. The summed E-state index contributed by atoms with van der Waals surface area (Å²) >= 11 is 5.98. The molecule has 0 fully saturated rings. The summed E-state index contributed by atoms with van der Waals surface area (Å²) in [5.74, 6) is 4.12. The SMILES string of the molecule is CNC(=O)CCC(C=O)N(C)Cc1cc(CNC(=O)C#Cc2c(O)cccc2Cl)ccc1C=O. The lowest BCUT2D eigenvalue weighted by molar-refractivity contribution is -0.121. The van der Waals surface area contributed by atoms with Crippen molar-refractivity contribution in [1.82, 2.24) is 15.5 Å². The zero-order valence-corrected chi connectivity index (χ0v) is 19.7. The molecule has 0 heterocycles. The van der Waals surface area contributed by atoms with E-state index in [2.05, 4.69) is 22.5 Å². The molecule has 2 aromatic rings. The van der Waals surface area contributed by atoms with Crippen molar-refractivity contribution >= 4 is 36.0 Å². The molecule has 1 unspecified atom stereocenters. The summed E-state index contributed by atoms with van der Waals surface area (Å²) in [6, 6.07) is 9.19. The lowest BCUT2D eigenvalue weighted by atomic mass is 10.0. The molecule has 2 rings (SSSR count). The van der Waals surface area contributed by atoms with Crippen LogP contribution in [0, 0.1) is 11.8 Å². The molecule has 8 nitrogen and oxygen atoms in total. The summed E-state index contributed by atoms with van der Waals surface area (Å²) < 4.78 is 0. The number of hydrogen-bond donors (Lipinski definition) is 3. The van der Waals surface area contributed by atoms with Gasteiger partial charge in [-0.2, -0.15) is 0 Å². The van der Waals surface area contributed by atoms with Gasteiger partial charge in [-0.25, -0.2) is 0 Å². The first-order valence-corrected chi connectivity index (χ1v) is 10.9. The molecule has 1 atom stereocenters. The highest BCUT2D eigenvalue weighted by Gasteiger charge is 2.17. The predicted molar refractivity (Wildman–Crippen MR) is 128 cm³/mol. The van der Waals surface area contributed by atoms with Gasteiger partial charge in [0.25, 0.3) is 5.91 Å². The number of carbonyl (C=O) groups is 4. The van der Waals surface area contributed by atoms with E-state index in [-0.39, 0.29) is 35.2 Å². The van der Waals surface area contributed by atoms with Gasteiger partial charge in [0, 0.05) is 38.0 Å². The molecule has 3 N–H and O–H groups in total. The molecule has 0 radical (unpaired) electrons. The van der Waals surface area contributed by atoms with E-state index in [0.29, 0.717) is 24.1 Å². The van der Waals surface area contributed by atoms with E-state index in [1.54, 1.807) is 42.3 Å². The molecule has 9 heteroatoms. The van der Waals surface area contributed by atoms with Crippen LogP contribution in [-0.4, -0.2) is 54.5 Å². The highest BCUT2D eigenvalue weighted by Crippen LogP contribution is 2.23. The molecule has 0 aliphatic rings. The molecule has 0 aliphatic carbocycles. The number of phenols is 1. The minimum absolute atomic E-state index is 0.116. The smallest absolute Gasteiger partial charge is 0.296 e. The second kappa shape index (κ2) is 13.1. The average molecular weight is 484 g/mol. The van der Waals surface area contributed by atoms with Crippen molar-refractivity contribution in [3.8, 4) is 17.6 Å². The van der Waals surface area contributed by atoms with E-state index in [0.717, 1.165) is 18.1 Å². The summed E-state index contributed by atoms with van der Waals surface area (Å²) in [5.41, 5.74) is 2.05. The van der Waals surface area contributed by atoms with Crippen LogP contribution in [0.5, 0.6) is 5.75 Å². The van der Waals surface area contributed by atoms with Crippen molar-refractivity contribution in [1.29, 1.82) is 0 Å². The Bertz CT molecular complexity index is 1100. The van der Waals surface area contributed by atoms with E-state index in [1.807, 2.05) is 0 Å². The van der Waals surface area contributed by atoms with Crippen LogP contribution in [0.3, 0.4) is 0 Å². The number of carbonyl (C=O) groups excluding carboxylic acids is 4. The number of rotatable bonds is 10. The molecule has 34 heavy (non-hydrogen) atoms. The monoisotopic (exact) mass is 483 g/mol. The molecule has 0 aliphatic heterocycles. The van der Waals surface area contributed by atoms with Crippen molar-refractivity contribution in [2.45, 2.75) is 32.0 Å². The van der Waals surface area contributed by atoms with Gasteiger partial charge in [-0.3, -0.25) is 19.3 Å². The van der Waals surface area contributed by atoms with Crippen molar-refractivity contribution in [3.63, 3.8) is 0 Å². The number of aromatic hydroxyl groups is 1. The van der Waals surface area contributed by atoms with Crippen LogP contribution in [0.15, 0.2) is 36.4 Å².